The van der Waals surface area contributed by atoms with E-state index in [0.717, 1.165) is 0 Å². The predicted molar refractivity (Wildman–Crippen MR) is 52.0 cm³/mol. The van der Waals surface area contributed by atoms with Gasteiger partial charge in [0.15, 0.2) is 0 Å². The molecule has 0 aliphatic carbocycles. The van der Waals surface area contributed by atoms with Crippen molar-refractivity contribution < 1.29 is 9.59 Å². The molecule has 1 aromatic heterocycles. The number of carbonyl (C=O) groups excluding carboxylic acids is 2. The zero-order valence-electron chi connectivity index (χ0n) is 7.37. The first kappa shape index (κ1) is 10.7. The number of pyridine rings is 1. The topological polar surface area (TPSA) is 59.1 Å². The first-order valence-corrected chi connectivity index (χ1v) is 4.44. The lowest BCUT2D eigenvalue weighted by atomic mass is 10.2. The Morgan fingerprint density at radius 3 is 2.86 bits per heavy atom. The Morgan fingerprint density at radius 2 is 2.29 bits per heavy atom. The molecule has 0 aliphatic rings. The zero-order valence-corrected chi connectivity index (χ0v) is 8.12. The summed E-state index contributed by atoms with van der Waals surface area (Å²) in [5.74, 6) is -0.254. The maximum absolute atomic E-state index is 11.3. The van der Waals surface area contributed by atoms with Crippen LogP contribution in [-0.4, -0.2) is 22.7 Å². The molecule has 0 saturated heterocycles. The van der Waals surface area contributed by atoms with Crippen LogP contribution in [0.4, 0.5) is 0 Å². The quantitative estimate of drug-likeness (QED) is 0.757. The third-order valence-corrected chi connectivity index (χ3v) is 1.72. The van der Waals surface area contributed by atoms with Gasteiger partial charge in [0.25, 0.3) is 5.91 Å². The van der Waals surface area contributed by atoms with Gasteiger partial charge in [-0.15, -0.1) is 0 Å². The van der Waals surface area contributed by atoms with E-state index in [-0.39, 0.29) is 18.9 Å². The number of nitrogens with zero attached hydrogens (tertiary/aromatic N) is 1. The number of nitrogens with one attached hydrogen (secondary N) is 1. The van der Waals surface area contributed by atoms with E-state index in [1.807, 2.05) is 0 Å². The smallest absolute Gasteiger partial charge is 0.252 e. The summed E-state index contributed by atoms with van der Waals surface area (Å²) in [6.07, 6.45) is 3.17. The molecule has 1 amide bonds. The molecule has 0 bridgehead atoms. The van der Waals surface area contributed by atoms with Crippen LogP contribution in [0.25, 0.3) is 0 Å². The van der Waals surface area contributed by atoms with E-state index < -0.39 is 5.24 Å². The largest absolute Gasteiger partial charge is 0.351 e. The fraction of sp³-hybridized carbons (Fsp3) is 0.222. The summed E-state index contributed by atoms with van der Waals surface area (Å²) in [6.45, 7) is 0.246. The molecule has 0 saturated carbocycles. The van der Waals surface area contributed by atoms with Gasteiger partial charge in [-0.1, -0.05) is 0 Å². The number of amides is 1. The van der Waals surface area contributed by atoms with Crippen molar-refractivity contribution >= 4 is 22.8 Å². The fourth-order valence-electron chi connectivity index (χ4n) is 0.873. The average Bonchev–Trinajstić information content (AvgIpc) is 2.18. The third kappa shape index (κ3) is 3.53. The van der Waals surface area contributed by atoms with Gasteiger partial charge in [-0.2, -0.15) is 0 Å². The van der Waals surface area contributed by atoms with E-state index in [2.05, 4.69) is 10.3 Å². The maximum atomic E-state index is 11.3. The first-order chi connectivity index (χ1) is 6.70. The second kappa shape index (κ2) is 5.34. The molecule has 0 unspecified atom stereocenters. The van der Waals surface area contributed by atoms with Crippen LogP contribution in [0.3, 0.4) is 0 Å². The van der Waals surface area contributed by atoms with Crippen LogP contribution in [0.15, 0.2) is 24.5 Å². The van der Waals surface area contributed by atoms with Crippen molar-refractivity contribution in [3.63, 3.8) is 0 Å². The molecular weight excluding hydrogens is 204 g/mol. The number of aromatic nitrogens is 1. The van der Waals surface area contributed by atoms with E-state index in [4.69, 9.17) is 11.6 Å². The van der Waals surface area contributed by atoms with Crippen LogP contribution in [0.1, 0.15) is 16.8 Å². The fourth-order valence-corrected chi connectivity index (χ4v) is 0.968. The van der Waals surface area contributed by atoms with Gasteiger partial charge in [0.1, 0.15) is 0 Å². The minimum Gasteiger partial charge on any atom is -0.351 e. The lowest BCUT2D eigenvalue weighted by Gasteiger charge is -2.01. The van der Waals surface area contributed by atoms with E-state index in [1.165, 1.54) is 6.20 Å². The SMILES string of the molecule is O=C(Cl)CCNC(=O)c1cccnc1. The molecule has 5 heteroatoms. The van der Waals surface area contributed by atoms with Crippen molar-refractivity contribution in [1.82, 2.24) is 10.3 Å². The molecule has 0 aromatic carbocycles. The number of halogens is 1. The van der Waals surface area contributed by atoms with Crippen LogP contribution in [0, 0.1) is 0 Å². The van der Waals surface area contributed by atoms with Gasteiger partial charge in [0.05, 0.1) is 5.56 Å². The normalized spacial score (nSPS) is 9.50. The van der Waals surface area contributed by atoms with E-state index in [0.29, 0.717) is 5.56 Å². The van der Waals surface area contributed by atoms with Gasteiger partial charge >= 0.3 is 0 Å². The Balaban J connectivity index is 2.40. The van der Waals surface area contributed by atoms with Crippen molar-refractivity contribution in [3.05, 3.63) is 30.1 Å². The summed E-state index contributed by atoms with van der Waals surface area (Å²) < 4.78 is 0. The van der Waals surface area contributed by atoms with Crippen molar-refractivity contribution in [3.8, 4) is 0 Å². The van der Waals surface area contributed by atoms with E-state index >= 15 is 0 Å². The summed E-state index contributed by atoms with van der Waals surface area (Å²) in [5, 5.41) is 2.08. The molecule has 0 spiro atoms. The van der Waals surface area contributed by atoms with Gasteiger partial charge in [-0.3, -0.25) is 14.6 Å². The monoisotopic (exact) mass is 212 g/mol. The Kier molecular flexibility index (Phi) is 4.07. The van der Waals surface area contributed by atoms with Crippen LogP contribution in [0.5, 0.6) is 0 Å². The molecule has 14 heavy (non-hydrogen) atoms. The lowest BCUT2D eigenvalue weighted by Crippen LogP contribution is -2.25. The molecule has 1 heterocycles. The Morgan fingerprint density at radius 1 is 1.50 bits per heavy atom. The second-order valence-electron chi connectivity index (χ2n) is 2.60. The van der Waals surface area contributed by atoms with Gasteiger partial charge in [0, 0.05) is 25.4 Å². The molecule has 0 atom stereocenters. The van der Waals surface area contributed by atoms with E-state index in [9.17, 15) is 9.59 Å². The van der Waals surface area contributed by atoms with Crippen molar-refractivity contribution in [1.29, 1.82) is 0 Å². The summed E-state index contributed by atoms with van der Waals surface area (Å²) in [4.78, 5) is 25.5. The zero-order chi connectivity index (χ0) is 10.4. The second-order valence-corrected chi connectivity index (χ2v) is 3.02. The van der Waals surface area contributed by atoms with Crippen LogP contribution < -0.4 is 5.32 Å². The van der Waals surface area contributed by atoms with Gasteiger partial charge in [-0.05, 0) is 23.7 Å². The number of hydrogen-bond donors (Lipinski definition) is 1. The van der Waals surface area contributed by atoms with Crippen LogP contribution in [0.2, 0.25) is 0 Å². The molecule has 1 rings (SSSR count). The molecular formula is C9H9ClN2O2. The molecule has 1 aromatic rings. The van der Waals surface area contributed by atoms with Crippen LogP contribution in [-0.2, 0) is 4.79 Å². The average molecular weight is 213 g/mol. The van der Waals surface area contributed by atoms with Crippen molar-refractivity contribution in [2.24, 2.45) is 0 Å². The Bertz CT molecular complexity index is 327. The number of carbonyl (C=O) groups is 2. The maximum Gasteiger partial charge on any atom is 0.252 e. The number of hydrogen-bond acceptors (Lipinski definition) is 3. The van der Waals surface area contributed by atoms with Crippen molar-refractivity contribution in [2.45, 2.75) is 6.42 Å². The van der Waals surface area contributed by atoms with Gasteiger partial charge in [0.2, 0.25) is 5.24 Å². The molecule has 1 N–H and O–H groups in total. The summed E-state index contributed by atoms with van der Waals surface area (Å²) >= 11 is 5.10. The van der Waals surface area contributed by atoms with Gasteiger partial charge in [-0.25, -0.2) is 0 Å². The number of rotatable bonds is 4. The van der Waals surface area contributed by atoms with Gasteiger partial charge < -0.3 is 5.32 Å². The van der Waals surface area contributed by atoms with E-state index in [1.54, 1.807) is 18.3 Å². The van der Waals surface area contributed by atoms with Crippen LogP contribution >= 0.6 is 11.6 Å². The molecule has 0 radical (unpaired) electrons. The standard InChI is InChI=1S/C9H9ClN2O2/c10-8(13)3-5-12-9(14)7-2-1-4-11-6-7/h1-2,4,6H,3,5H2,(H,12,14). The summed E-state index contributed by atoms with van der Waals surface area (Å²) in [5.41, 5.74) is 0.467. The highest BCUT2D eigenvalue weighted by atomic mass is 35.5. The Hall–Kier alpha value is -1.42. The summed E-state index contributed by atoms with van der Waals surface area (Å²) in [6, 6.07) is 3.31. The third-order valence-electron chi connectivity index (χ3n) is 1.53. The lowest BCUT2D eigenvalue weighted by molar-refractivity contribution is -0.111. The molecule has 4 nitrogen and oxygen atoms in total. The molecule has 0 aliphatic heterocycles. The minimum absolute atomic E-state index is 0.132. The molecule has 74 valence electrons. The highest BCUT2D eigenvalue weighted by Crippen LogP contribution is 1.95. The predicted octanol–water partition coefficient (Wildman–Crippen LogP) is 0.967. The molecule has 0 fully saturated rings. The highest BCUT2D eigenvalue weighted by molar-refractivity contribution is 6.63. The summed E-state index contributed by atoms with van der Waals surface area (Å²) in [7, 11) is 0. The minimum atomic E-state index is -0.462. The first-order valence-electron chi connectivity index (χ1n) is 4.06. The Labute approximate surface area is 86.3 Å². The van der Waals surface area contributed by atoms with Crippen molar-refractivity contribution in [2.75, 3.05) is 6.54 Å². The highest BCUT2D eigenvalue weighted by Gasteiger charge is 2.04.